The molecule has 0 unspecified atom stereocenters. The van der Waals surface area contributed by atoms with Crippen molar-refractivity contribution in [3.05, 3.63) is 34.1 Å². The van der Waals surface area contributed by atoms with Crippen LogP contribution in [0.25, 0.3) is 0 Å². The van der Waals surface area contributed by atoms with Gasteiger partial charge in [0.2, 0.25) is 5.78 Å². The zero-order valence-corrected chi connectivity index (χ0v) is 12.8. The van der Waals surface area contributed by atoms with Crippen LogP contribution in [-0.2, 0) is 16.0 Å². The number of allylic oxidation sites excluding steroid dienone is 2. The lowest BCUT2D eigenvalue weighted by molar-refractivity contribution is -0.116. The van der Waals surface area contributed by atoms with E-state index >= 15 is 0 Å². The highest BCUT2D eigenvalue weighted by molar-refractivity contribution is 6.26. The van der Waals surface area contributed by atoms with Crippen LogP contribution in [-0.4, -0.2) is 36.7 Å². The molecule has 2 rings (SSSR count). The first kappa shape index (κ1) is 15.8. The molecular weight excluding hydrogens is 288 g/mol. The normalized spacial score (nSPS) is 13.5. The molecule has 0 saturated heterocycles. The molecule has 0 aliphatic heterocycles. The highest BCUT2D eigenvalue weighted by Crippen LogP contribution is 2.41. The highest BCUT2D eigenvalue weighted by Gasteiger charge is 2.35. The molecule has 1 aliphatic rings. The minimum absolute atomic E-state index is 0.00407. The number of fused-ring (bicyclic) bond motifs is 1. The smallest absolute Gasteiger partial charge is 0.232 e. The molecule has 1 aliphatic carbocycles. The predicted molar refractivity (Wildman–Crippen MR) is 77.5 cm³/mol. The van der Waals surface area contributed by atoms with Crippen molar-refractivity contribution >= 4 is 17.3 Å². The molecule has 0 heterocycles. The Hall–Kier alpha value is -2.63. The minimum Gasteiger partial charge on any atom is -0.507 e. The molecule has 116 valence electrons. The van der Waals surface area contributed by atoms with Crippen molar-refractivity contribution in [1.82, 2.24) is 0 Å². The van der Waals surface area contributed by atoms with Gasteiger partial charge in [0.05, 0.1) is 25.3 Å². The standard InChI is InChI=1S/C16H16O6/c1-7(17)5-9-8(2)16(22-4)12-10(18)6-11(21-3)15(20)13(12)14(9)19/h6,19H,5H2,1-4H3. The number of carbonyl (C=O) groups is 3. The fraction of sp³-hybridized carbons (Fsp3) is 0.312. The van der Waals surface area contributed by atoms with E-state index in [1.165, 1.54) is 21.1 Å². The molecule has 0 atom stereocenters. The highest BCUT2D eigenvalue weighted by atomic mass is 16.5. The number of carbonyl (C=O) groups excluding carboxylic acids is 3. The summed E-state index contributed by atoms with van der Waals surface area (Å²) in [6, 6.07) is 0. The molecule has 0 spiro atoms. The third-order valence-electron chi connectivity index (χ3n) is 3.60. The van der Waals surface area contributed by atoms with Crippen molar-refractivity contribution in [3.63, 3.8) is 0 Å². The van der Waals surface area contributed by atoms with E-state index in [0.717, 1.165) is 6.08 Å². The largest absolute Gasteiger partial charge is 0.507 e. The Morgan fingerprint density at radius 2 is 1.82 bits per heavy atom. The number of benzene rings is 1. The Labute approximate surface area is 127 Å². The van der Waals surface area contributed by atoms with Gasteiger partial charge in [0.25, 0.3) is 0 Å². The van der Waals surface area contributed by atoms with Crippen LogP contribution >= 0.6 is 0 Å². The maximum absolute atomic E-state index is 12.4. The first-order valence-corrected chi connectivity index (χ1v) is 6.60. The van der Waals surface area contributed by atoms with Crippen molar-refractivity contribution in [2.24, 2.45) is 0 Å². The number of ether oxygens (including phenoxy) is 2. The second kappa shape index (κ2) is 5.63. The Morgan fingerprint density at radius 1 is 1.18 bits per heavy atom. The number of phenolic OH excluding ortho intramolecular Hbond substituents is 1. The maximum atomic E-state index is 12.4. The SMILES string of the molecule is COC1=CC(=O)c2c(OC)c(C)c(CC(C)=O)c(O)c2C1=O. The molecule has 22 heavy (non-hydrogen) atoms. The summed E-state index contributed by atoms with van der Waals surface area (Å²) in [4.78, 5) is 36.0. The van der Waals surface area contributed by atoms with Crippen molar-refractivity contribution in [2.75, 3.05) is 14.2 Å². The van der Waals surface area contributed by atoms with Gasteiger partial charge in [0.1, 0.15) is 17.3 Å². The summed E-state index contributed by atoms with van der Waals surface area (Å²) in [5.74, 6) is -1.63. The summed E-state index contributed by atoms with van der Waals surface area (Å²) in [7, 11) is 2.63. The zero-order chi connectivity index (χ0) is 16.6. The Morgan fingerprint density at radius 3 is 2.32 bits per heavy atom. The van der Waals surface area contributed by atoms with E-state index in [1.807, 2.05) is 0 Å². The lowest BCUT2D eigenvalue weighted by atomic mass is 9.86. The van der Waals surface area contributed by atoms with Gasteiger partial charge < -0.3 is 14.6 Å². The first-order valence-electron chi connectivity index (χ1n) is 6.60. The summed E-state index contributed by atoms with van der Waals surface area (Å²) in [5.41, 5.74) is 0.560. The third kappa shape index (κ3) is 2.26. The maximum Gasteiger partial charge on any atom is 0.232 e. The van der Waals surface area contributed by atoms with Gasteiger partial charge in [-0.25, -0.2) is 0 Å². The Bertz CT molecular complexity index is 727. The number of hydrogen-bond acceptors (Lipinski definition) is 6. The van der Waals surface area contributed by atoms with E-state index in [2.05, 4.69) is 0 Å². The summed E-state index contributed by atoms with van der Waals surface area (Å²) >= 11 is 0. The van der Waals surface area contributed by atoms with Crippen LogP contribution in [0.3, 0.4) is 0 Å². The number of hydrogen-bond donors (Lipinski definition) is 1. The summed E-state index contributed by atoms with van der Waals surface area (Å²) < 4.78 is 10.1. The Balaban J connectivity index is 2.85. The van der Waals surface area contributed by atoms with E-state index in [-0.39, 0.29) is 46.2 Å². The molecule has 0 bridgehead atoms. The molecule has 0 amide bonds. The van der Waals surface area contributed by atoms with Crippen LogP contribution in [0.2, 0.25) is 0 Å². The predicted octanol–water partition coefficient (Wildman–Crippen LogP) is 1.75. The molecular formula is C16H16O6. The molecule has 0 fully saturated rings. The lowest BCUT2D eigenvalue weighted by Crippen LogP contribution is -2.21. The van der Waals surface area contributed by atoms with Gasteiger partial charge in [0.15, 0.2) is 11.5 Å². The van der Waals surface area contributed by atoms with E-state index < -0.39 is 11.6 Å². The average Bonchev–Trinajstić information content (AvgIpc) is 2.46. The van der Waals surface area contributed by atoms with Gasteiger partial charge in [-0.1, -0.05) is 0 Å². The summed E-state index contributed by atoms with van der Waals surface area (Å²) in [6.45, 7) is 3.00. The molecule has 6 nitrogen and oxygen atoms in total. The van der Waals surface area contributed by atoms with Crippen LogP contribution in [0.1, 0.15) is 38.8 Å². The van der Waals surface area contributed by atoms with Gasteiger partial charge in [0, 0.05) is 18.1 Å². The van der Waals surface area contributed by atoms with Crippen LogP contribution in [0, 0.1) is 6.92 Å². The van der Waals surface area contributed by atoms with Crippen LogP contribution in [0.5, 0.6) is 11.5 Å². The van der Waals surface area contributed by atoms with Crippen LogP contribution in [0.15, 0.2) is 11.8 Å². The van der Waals surface area contributed by atoms with E-state index in [1.54, 1.807) is 6.92 Å². The van der Waals surface area contributed by atoms with Gasteiger partial charge in [-0.05, 0) is 19.4 Å². The monoisotopic (exact) mass is 304 g/mol. The van der Waals surface area contributed by atoms with E-state index in [9.17, 15) is 19.5 Å². The quantitative estimate of drug-likeness (QED) is 0.911. The van der Waals surface area contributed by atoms with Crippen LogP contribution in [0.4, 0.5) is 0 Å². The number of Topliss-reactive ketones (excluding diaryl/α,β-unsaturated/α-hetero) is 2. The zero-order valence-electron chi connectivity index (χ0n) is 12.8. The van der Waals surface area contributed by atoms with E-state index in [4.69, 9.17) is 9.47 Å². The molecule has 6 heteroatoms. The molecule has 0 saturated carbocycles. The molecule has 0 aromatic heterocycles. The number of ketones is 3. The topological polar surface area (TPSA) is 89.9 Å². The van der Waals surface area contributed by atoms with Crippen molar-refractivity contribution < 1.29 is 29.0 Å². The molecule has 1 aromatic rings. The second-order valence-corrected chi connectivity index (χ2v) is 5.02. The minimum atomic E-state index is -0.613. The third-order valence-corrected chi connectivity index (χ3v) is 3.60. The second-order valence-electron chi connectivity index (χ2n) is 5.02. The van der Waals surface area contributed by atoms with Crippen molar-refractivity contribution in [1.29, 1.82) is 0 Å². The summed E-state index contributed by atoms with van der Waals surface area (Å²) in [5, 5.41) is 10.4. The van der Waals surface area contributed by atoms with E-state index in [0.29, 0.717) is 5.56 Å². The van der Waals surface area contributed by atoms with Crippen molar-refractivity contribution in [3.8, 4) is 11.5 Å². The van der Waals surface area contributed by atoms with Crippen molar-refractivity contribution in [2.45, 2.75) is 20.3 Å². The van der Waals surface area contributed by atoms with Gasteiger partial charge >= 0.3 is 0 Å². The fourth-order valence-electron chi connectivity index (χ4n) is 2.59. The number of aromatic hydroxyl groups is 1. The first-order chi connectivity index (χ1) is 10.3. The lowest BCUT2D eigenvalue weighted by Gasteiger charge is -2.22. The Kier molecular flexibility index (Phi) is 4.03. The number of phenols is 1. The van der Waals surface area contributed by atoms with Crippen LogP contribution < -0.4 is 4.74 Å². The molecule has 0 radical (unpaired) electrons. The molecule has 1 N–H and O–H groups in total. The molecule has 1 aromatic carbocycles. The van der Waals surface area contributed by atoms with Gasteiger partial charge in [-0.2, -0.15) is 0 Å². The van der Waals surface area contributed by atoms with Gasteiger partial charge in [-0.15, -0.1) is 0 Å². The average molecular weight is 304 g/mol. The van der Waals surface area contributed by atoms with Gasteiger partial charge in [-0.3, -0.25) is 14.4 Å². The number of rotatable bonds is 4. The fourth-order valence-corrected chi connectivity index (χ4v) is 2.59. The summed E-state index contributed by atoms with van der Waals surface area (Å²) in [6.07, 6.45) is 1.01. The number of methoxy groups -OCH3 is 2.